The summed E-state index contributed by atoms with van der Waals surface area (Å²) >= 11 is 5.95. The van der Waals surface area contributed by atoms with Crippen molar-refractivity contribution in [2.24, 2.45) is 11.8 Å². The highest BCUT2D eigenvalue weighted by Gasteiger charge is 2.32. The molecule has 1 heterocycles. The van der Waals surface area contributed by atoms with Crippen LogP contribution in [-0.2, 0) is 4.79 Å². The van der Waals surface area contributed by atoms with Crippen LogP contribution in [0.1, 0.15) is 43.6 Å². The highest BCUT2D eigenvalue weighted by atomic mass is 35.5. The van der Waals surface area contributed by atoms with Crippen LogP contribution in [0.5, 0.6) is 0 Å². The van der Waals surface area contributed by atoms with Gasteiger partial charge in [-0.15, -0.1) is 6.58 Å². The van der Waals surface area contributed by atoms with Crippen molar-refractivity contribution in [3.63, 3.8) is 0 Å². The van der Waals surface area contributed by atoms with Crippen LogP contribution in [0.4, 0.5) is 5.69 Å². The standard InChI is InChI=1S/C26H27ClN2O/c1-2-5-23(26(30)29-21-14-12-20(27)13-15-21)19-10-8-18(9-11-19)22-16-17-28-25-7-4-3-6-24(22)25/h2-4,6-7,12-19,23H,1,5,8-11H2,(H,29,30)/t18-,19-,23-/m1/s1. The van der Waals surface area contributed by atoms with Crippen LogP contribution in [0, 0.1) is 11.8 Å². The molecule has 3 aromatic rings. The lowest BCUT2D eigenvalue weighted by atomic mass is 9.72. The molecule has 4 heteroatoms. The zero-order chi connectivity index (χ0) is 20.9. The molecule has 1 saturated carbocycles. The van der Waals surface area contributed by atoms with Gasteiger partial charge in [0.25, 0.3) is 0 Å². The topological polar surface area (TPSA) is 42.0 Å². The van der Waals surface area contributed by atoms with Gasteiger partial charge in [0, 0.05) is 28.2 Å². The van der Waals surface area contributed by atoms with Crippen molar-refractivity contribution < 1.29 is 4.79 Å². The molecule has 1 aliphatic carbocycles. The number of nitrogens with zero attached hydrogens (tertiary/aromatic N) is 1. The van der Waals surface area contributed by atoms with Gasteiger partial charge in [0.2, 0.25) is 5.91 Å². The molecule has 1 atom stereocenters. The Morgan fingerprint density at radius 3 is 2.57 bits per heavy atom. The molecular weight excluding hydrogens is 392 g/mol. The second kappa shape index (κ2) is 9.44. The molecule has 0 bridgehead atoms. The van der Waals surface area contributed by atoms with Crippen molar-refractivity contribution in [2.75, 3.05) is 5.32 Å². The summed E-state index contributed by atoms with van der Waals surface area (Å²) < 4.78 is 0. The Balaban J connectivity index is 1.44. The number of hydrogen-bond acceptors (Lipinski definition) is 2. The molecule has 1 aromatic heterocycles. The minimum Gasteiger partial charge on any atom is -0.326 e. The molecule has 1 amide bonds. The summed E-state index contributed by atoms with van der Waals surface area (Å²) in [4.78, 5) is 17.5. The fraction of sp³-hybridized carbons (Fsp3) is 0.308. The van der Waals surface area contributed by atoms with Gasteiger partial charge in [0.1, 0.15) is 0 Å². The number of hydrogen-bond donors (Lipinski definition) is 1. The van der Waals surface area contributed by atoms with Gasteiger partial charge >= 0.3 is 0 Å². The molecule has 1 N–H and O–H groups in total. The second-order valence-electron chi connectivity index (χ2n) is 8.16. The van der Waals surface area contributed by atoms with E-state index in [0.29, 0.717) is 23.3 Å². The summed E-state index contributed by atoms with van der Waals surface area (Å²) in [7, 11) is 0. The summed E-state index contributed by atoms with van der Waals surface area (Å²) in [6.45, 7) is 3.89. The number of anilines is 1. The number of para-hydroxylation sites is 1. The number of allylic oxidation sites excluding steroid dienone is 1. The minimum atomic E-state index is -0.0479. The lowest BCUT2D eigenvalue weighted by Gasteiger charge is -2.33. The summed E-state index contributed by atoms with van der Waals surface area (Å²) in [5, 5.41) is 4.99. The minimum absolute atomic E-state index is 0.0479. The zero-order valence-corrected chi connectivity index (χ0v) is 17.8. The Kier molecular flexibility index (Phi) is 6.49. The van der Waals surface area contributed by atoms with Gasteiger partial charge in [-0.3, -0.25) is 9.78 Å². The van der Waals surface area contributed by atoms with Gasteiger partial charge in [0.15, 0.2) is 0 Å². The second-order valence-corrected chi connectivity index (χ2v) is 8.59. The first-order valence-electron chi connectivity index (χ1n) is 10.7. The summed E-state index contributed by atoms with van der Waals surface area (Å²) in [5.41, 5.74) is 3.24. The largest absolute Gasteiger partial charge is 0.326 e. The molecule has 30 heavy (non-hydrogen) atoms. The Bertz CT molecular complexity index is 1020. The van der Waals surface area contributed by atoms with Crippen LogP contribution >= 0.6 is 11.6 Å². The number of carbonyl (C=O) groups excluding carboxylic acids is 1. The van der Waals surface area contributed by atoms with Crippen LogP contribution in [0.15, 0.2) is 73.4 Å². The smallest absolute Gasteiger partial charge is 0.228 e. The predicted octanol–water partition coefficient (Wildman–Crippen LogP) is 6.99. The summed E-state index contributed by atoms with van der Waals surface area (Å²) in [5.74, 6) is 0.931. The lowest BCUT2D eigenvalue weighted by Crippen LogP contribution is -2.31. The first kappa shape index (κ1) is 20.6. The third-order valence-electron chi connectivity index (χ3n) is 6.33. The van der Waals surface area contributed by atoms with E-state index < -0.39 is 0 Å². The van der Waals surface area contributed by atoms with E-state index in [1.165, 1.54) is 10.9 Å². The van der Waals surface area contributed by atoms with Crippen molar-refractivity contribution >= 4 is 34.1 Å². The summed E-state index contributed by atoms with van der Waals surface area (Å²) in [6, 6.07) is 17.8. The average Bonchev–Trinajstić information content (AvgIpc) is 2.79. The van der Waals surface area contributed by atoms with E-state index >= 15 is 0 Å². The number of amides is 1. The van der Waals surface area contributed by atoms with E-state index in [4.69, 9.17) is 11.6 Å². The molecule has 154 valence electrons. The molecule has 0 spiro atoms. The highest BCUT2D eigenvalue weighted by molar-refractivity contribution is 6.30. The number of nitrogens with one attached hydrogen (secondary N) is 1. The number of aromatic nitrogens is 1. The third kappa shape index (κ3) is 4.57. The number of fused-ring (bicyclic) bond motifs is 1. The predicted molar refractivity (Wildman–Crippen MR) is 125 cm³/mol. The van der Waals surface area contributed by atoms with E-state index in [-0.39, 0.29) is 11.8 Å². The van der Waals surface area contributed by atoms with Crippen molar-refractivity contribution in [3.05, 3.63) is 84.0 Å². The third-order valence-corrected chi connectivity index (χ3v) is 6.58. The fourth-order valence-corrected chi connectivity index (χ4v) is 4.89. The van der Waals surface area contributed by atoms with Gasteiger partial charge in [-0.25, -0.2) is 0 Å². The molecule has 4 rings (SSSR count). The summed E-state index contributed by atoms with van der Waals surface area (Å²) in [6.07, 6.45) is 8.79. The van der Waals surface area contributed by atoms with Crippen LogP contribution in [0.2, 0.25) is 5.02 Å². The van der Waals surface area contributed by atoms with E-state index in [0.717, 1.165) is 36.9 Å². The van der Waals surface area contributed by atoms with Crippen LogP contribution in [0.3, 0.4) is 0 Å². The SMILES string of the molecule is C=CC[C@@H](C(=O)Nc1ccc(Cl)cc1)[C@H]1CC[C@H](c2ccnc3ccccc32)CC1. The van der Waals surface area contributed by atoms with E-state index in [2.05, 4.69) is 41.1 Å². The maximum absolute atomic E-state index is 13.0. The highest BCUT2D eigenvalue weighted by Crippen LogP contribution is 2.41. The van der Waals surface area contributed by atoms with Crippen molar-refractivity contribution in [2.45, 2.75) is 38.0 Å². The molecule has 0 aliphatic heterocycles. The number of halogens is 1. The normalized spacial score (nSPS) is 19.9. The Hall–Kier alpha value is -2.65. The van der Waals surface area contributed by atoms with Crippen molar-refractivity contribution in [1.29, 1.82) is 0 Å². The van der Waals surface area contributed by atoms with Crippen molar-refractivity contribution in [1.82, 2.24) is 4.98 Å². The van der Waals surface area contributed by atoms with Gasteiger partial charge in [0.05, 0.1) is 5.52 Å². The Labute approximate surface area is 183 Å². The Morgan fingerprint density at radius 1 is 1.10 bits per heavy atom. The van der Waals surface area contributed by atoms with E-state index in [1.807, 2.05) is 30.5 Å². The molecule has 0 saturated heterocycles. The lowest BCUT2D eigenvalue weighted by molar-refractivity contribution is -0.121. The van der Waals surface area contributed by atoms with Gasteiger partial charge in [-0.1, -0.05) is 35.9 Å². The number of benzene rings is 2. The van der Waals surface area contributed by atoms with Crippen LogP contribution in [-0.4, -0.2) is 10.9 Å². The van der Waals surface area contributed by atoms with Gasteiger partial charge < -0.3 is 5.32 Å². The number of rotatable bonds is 6. The first-order chi connectivity index (χ1) is 14.7. The van der Waals surface area contributed by atoms with Gasteiger partial charge in [-0.05, 0) is 85.9 Å². The maximum Gasteiger partial charge on any atom is 0.228 e. The van der Waals surface area contributed by atoms with Gasteiger partial charge in [-0.2, -0.15) is 0 Å². The zero-order valence-electron chi connectivity index (χ0n) is 17.1. The van der Waals surface area contributed by atoms with Crippen molar-refractivity contribution in [3.8, 4) is 0 Å². The first-order valence-corrected chi connectivity index (χ1v) is 11.0. The molecule has 1 fully saturated rings. The number of carbonyl (C=O) groups is 1. The molecule has 1 aliphatic rings. The molecular formula is C26H27ClN2O. The fourth-order valence-electron chi connectivity index (χ4n) is 4.77. The monoisotopic (exact) mass is 418 g/mol. The quantitative estimate of drug-likeness (QED) is 0.438. The molecule has 0 unspecified atom stereocenters. The molecule has 2 aromatic carbocycles. The average molecular weight is 419 g/mol. The molecule has 0 radical (unpaired) electrons. The van der Waals surface area contributed by atoms with E-state index in [1.54, 1.807) is 12.1 Å². The Morgan fingerprint density at radius 2 is 1.83 bits per heavy atom. The number of pyridine rings is 1. The van der Waals surface area contributed by atoms with E-state index in [9.17, 15) is 4.79 Å². The molecule has 3 nitrogen and oxygen atoms in total. The maximum atomic E-state index is 13.0. The van der Waals surface area contributed by atoms with Crippen LogP contribution in [0.25, 0.3) is 10.9 Å². The van der Waals surface area contributed by atoms with Crippen LogP contribution < -0.4 is 5.32 Å².